The average molecular weight is 396 g/mol. The number of nitrogens with zero attached hydrogens (tertiary/aromatic N) is 2. The van der Waals surface area contributed by atoms with Crippen molar-refractivity contribution in [2.75, 3.05) is 11.9 Å². The zero-order chi connectivity index (χ0) is 21.3. The summed E-state index contributed by atoms with van der Waals surface area (Å²) in [7, 11) is 0. The molecule has 0 saturated heterocycles. The number of rotatable bonds is 4. The smallest absolute Gasteiger partial charge is 0.308 e. The number of benzene rings is 2. The number of hydrogen-bond acceptors (Lipinski definition) is 6. The molecule has 1 aliphatic rings. The molecule has 0 saturated carbocycles. The Hall–Kier alpha value is -4.08. The molecule has 2 aromatic carbocycles. The molecule has 0 unspecified atom stereocenters. The molecule has 3 rings (SSSR count). The molecular formula is C19H16N4O6. The molecule has 0 aliphatic carbocycles. The van der Waals surface area contributed by atoms with E-state index in [0.29, 0.717) is 10.6 Å². The first-order valence-electron chi connectivity index (χ1n) is 8.50. The predicted molar refractivity (Wildman–Crippen MR) is 102 cm³/mol. The first-order chi connectivity index (χ1) is 13.7. The highest BCUT2D eigenvalue weighted by molar-refractivity contribution is 6.23. The summed E-state index contributed by atoms with van der Waals surface area (Å²) in [5.41, 5.74) is 1.94. The molecule has 0 aromatic heterocycles. The first kappa shape index (κ1) is 19.7. The van der Waals surface area contributed by atoms with Crippen LogP contribution in [0.25, 0.3) is 0 Å². The van der Waals surface area contributed by atoms with Gasteiger partial charge in [-0.15, -0.1) is 0 Å². The van der Waals surface area contributed by atoms with Gasteiger partial charge in [-0.05, 0) is 43.2 Å². The molecule has 148 valence electrons. The fourth-order valence-electron chi connectivity index (χ4n) is 2.83. The maximum atomic E-state index is 12.4. The number of fused-ring (bicyclic) bond motifs is 1. The van der Waals surface area contributed by atoms with Crippen molar-refractivity contribution in [3.63, 3.8) is 0 Å². The van der Waals surface area contributed by atoms with Gasteiger partial charge in [-0.1, -0.05) is 6.07 Å². The third-order valence-corrected chi connectivity index (χ3v) is 4.48. The number of nitro groups is 1. The van der Waals surface area contributed by atoms with Crippen LogP contribution in [-0.4, -0.2) is 40.1 Å². The van der Waals surface area contributed by atoms with Gasteiger partial charge in [0.1, 0.15) is 6.54 Å². The van der Waals surface area contributed by atoms with Crippen LogP contribution in [-0.2, 0) is 4.79 Å². The Balaban J connectivity index is 1.65. The summed E-state index contributed by atoms with van der Waals surface area (Å²) in [6.07, 6.45) is 0. The zero-order valence-corrected chi connectivity index (χ0v) is 15.5. The van der Waals surface area contributed by atoms with E-state index in [1.54, 1.807) is 12.1 Å². The fourth-order valence-corrected chi connectivity index (χ4v) is 2.83. The van der Waals surface area contributed by atoms with E-state index in [1.807, 2.05) is 25.2 Å². The Labute approximate surface area is 164 Å². The summed E-state index contributed by atoms with van der Waals surface area (Å²) in [5, 5.41) is 15.4. The number of urea groups is 1. The van der Waals surface area contributed by atoms with Gasteiger partial charge in [-0.3, -0.25) is 34.7 Å². The summed E-state index contributed by atoms with van der Waals surface area (Å²) >= 11 is 0. The molecule has 0 fully saturated rings. The monoisotopic (exact) mass is 396 g/mol. The minimum atomic E-state index is -0.879. The molecule has 10 nitrogen and oxygen atoms in total. The van der Waals surface area contributed by atoms with E-state index in [9.17, 15) is 29.3 Å². The van der Waals surface area contributed by atoms with Crippen LogP contribution >= 0.6 is 0 Å². The molecule has 0 bridgehead atoms. The van der Waals surface area contributed by atoms with Crippen LogP contribution in [0, 0.1) is 24.0 Å². The summed E-state index contributed by atoms with van der Waals surface area (Å²) < 4.78 is 0. The van der Waals surface area contributed by atoms with Crippen molar-refractivity contribution in [2.45, 2.75) is 13.8 Å². The maximum Gasteiger partial charge on any atom is 0.325 e. The number of anilines is 1. The van der Waals surface area contributed by atoms with Crippen LogP contribution < -0.4 is 10.6 Å². The highest BCUT2D eigenvalue weighted by Crippen LogP contribution is 2.26. The van der Waals surface area contributed by atoms with E-state index in [4.69, 9.17) is 0 Å². The zero-order valence-electron chi connectivity index (χ0n) is 15.5. The topological polar surface area (TPSA) is 139 Å². The van der Waals surface area contributed by atoms with Gasteiger partial charge in [-0.2, -0.15) is 0 Å². The highest BCUT2D eigenvalue weighted by atomic mass is 16.6. The van der Waals surface area contributed by atoms with Crippen LogP contribution in [0.1, 0.15) is 31.8 Å². The largest absolute Gasteiger partial charge is 0.325 e. The van der Waals surface area contributed by atoms with Crippen LogP contribution in [0.2, 0.25) is 0 Å². The van der Waals surface area contributed by atoms with Crippen molar-refractivity contribution in [3.05, 3.63) is 68.8 Å². The number of imide groups is 2. The summed E-state index contributed by atoms with van der Waals surface area (Å²) in [4.78, 5) is 59.6. The molecule has 2 N–H and O–H groups in total. The lowest BCUT2D eigenvalue weighted by Gasteiger charge is -2.13. The normalized spacial score (nSPS) is 12.6. The van der Waals surface area contributed by atoms with Crippen LogP contribution in [0.3, 0.4) is 0 Å². The standard InChI is InChI=1S/C19H16N4O6/c1-10-3-4-12(7-11(10)2)20-19(27)21-16(24)9-22-17(25)14-6-5-13(23(28)29)8-15(14)18(22)26/h3-8H,9H2,1-2H3,(H2,20,21,24,27). The van der Waals surface area contributed by atoms with Crippen LogP contribution in [0.15, 0.2) is 36.4 Å². The second kappa shape index (κ2) is 7.50. The Morgan fingerprint density at radius 3 is 2.34 bits per heavy atom. The lowest BCUT2D eigenvalue weighted by Crippen LogP contribution is -2.43. The van der Waals surface area contributed by atoms with E-state index in [1.165, 1.54) is 0 Å². The van der Waals surface area contributed by atoms with Gasteiger partial charge in [-0.25, -0.2) is 4.79 Å². The second-order valence-electron chi connectivity index (χ2n) is 6.48. The van der Waals surface area contributed by atoms with Crippen LogP contribution in [0.5, 0.6) is 0 Å². The second-order valence-corrected chi connectivity index (χ2v) is 6.48. The molecule has 5 amide bonds. The Morgan fingerprint density at radius 2 is 1.69 bits per heavy atom. The number of carbonyl (C=O) groups is 4. The lowest BCUT2D eigenvalue weighted by atomic mass is 10.1. The number of non-ortho nitro benzene ring substituents is 1. The SMILES string of the molecule is Cc1ccc(NC(=O)NC(=O)CN2C(=O)c3ccc([N+](=O)[O-])cc3C2=O)cc1C. The van der Waals surface area contributed by atoms with Crippen molar-refractivity contribution in [1.82, 2.24) is 10.2 Å². The van der Waals surface area contributed by atoms with E-state index < -0.39 is 35.2 Å². The van der Waals surface area contributed by atoms with Gasteiger partial charge in [0.2, 0.25) is 5.91 Å². The van der Waals surface area contributed by atoms with E-state index in [2.05, 4.69) is 5.32 Å². The number of carbonyl (C=O) groups excluding carboxylic acids is 4. The molecule has 0 radical (unpaired) electrons. The Bertz CT molecular complexity index is 1080. The van der Waals surface area contributed by atoms with E-state index >= 15 is 0 Å². The number of aryl methyl sites for hydroxylation is 2. The molecule has 10 heteroatoms. The van der Waals surface area contributed by atoms with Gasteiger partial charge in [0.05, 0.1) is 16.1 Å². The predicted octanol–water partition coefficient (Wildman–Crippen LogP) is 2.16. The van der Waals surface area contributed by atoms with E-state index in [0.717, 1.165) is 29.3 Å². The fraction of sp³-hybridized carbons (Fsp3) is 0.158. The van der Waals surface area contributed by atoms with Crippen molar-refractivity contribution in [3.8, 4) is 0 Å². The van der Waals surface area contributed by atoms with Gasteiger partial charge >= 0.3 is 6.03 Å². The van der Waals surface area contributed by atoms with Gasteiger partial charge in [0.15, 0.2) is 0 Å². The molecule has 1 aliphatic heterocycles. The third kappa shape index (κ3) is 3.95. The van der Waals surface area contributed by atoms with E-state index in [-0.39, 0.29) is 16.8 Å². The van der Waals surface area contributed by atoms with Crippen molar-refractivity contribution in [2.24, 2.45) is 0 Å². The van der Waals surface area contributed by atoms with Crippen molar-refractivity contribution in [1.29, 1.82) is 0 Å². The van der Waals surface area contributed by atoms with Gasteiger partial charge in [0.25, 0.3) is 17.5 Å². The van der Waals surface area contributed by atoms with Gasteiger partial charge in [0, 0.05) is 17.8 Å². The number of nitrogens with one attached hydrogen (secondary N) is 2. The van der Waals surface area contributed by atoms with Gasteiger partial charge < -0.3 is 5.32 Å². The molecule has 1 heterocycles. The number of amides is 5. The molecule has 0 atom stereocenters. The summed E-state index contributed by atoms with van der Waals surface area (Å²) in [6.45, 7) is 3.09. The average Bonchev–Trinajstić information content (AvgIpc) is 2.89. The highest BCUT2D eigenvalue weighted by Gasteiger charge is 2.38. The molecule has 0 spiro atoms. The Morgan fingerprint density at radius 1 is 1.00 bits per heavy atom. The molecular weight excluding hydrogens is 380 g/mol. The Kier molecular flexibility index (Phi) is 5.09. The third-order valence-electron chi connectivity index (χ3n) is 4.48. The molecule has 29 heavy (non-hydrogen) atoms. The minimum absolute atomic E-state index is 0.0343. The molecule has 2 aromatic rings. The number of nitro benzene ring substituents is 1. The van der Waals surface area contributed by atoms with Crippen LogP contribution in [0.4, 0.5) is 16.2 Å². The number of hydrogen-bond donors (Lipinski definition) is 2. The van der Waals surface area contributed by atoms with Crippen molar-refractivity contribution >= 4 is 35.1 Å². The van der Waals surface area contributed by atoms with Crippen molar-refractivity contribution < 1.29 is 24.1 Å². The minimum Gasteiger partial charge on any atom is -0.308 e. The summed E-state index contributed by atoms with van der Waals surface area (Å²) in [5.74, 6) is -2.47. The maximum absolute atomic E-state index is 12.4. The summed E-state index contributed by atoms with van der Waals surface area (Å²) in [6, 6.07) is 7.65. The lowest BCUT2D eigenvalue weighted by molar-refractivity contribution is -0.384. The quantitative estimate of drug-likeness (QED) is 0.461. The first-order valence-corrected chi connectivity index (χ1v) is 8.50.